The first-order valence-electron chi connectivity index (χ1n) is 5.45. The molecule has 1 N–H and O–H groups in total. The van der Waals surface area contributed by atoms with Crippen LogP contribution in [0.3, 0.4) is 0 Å². The van der Waals surface area contributed by atoms with Crippen molar-refractivity contribution >= 4 is 0 Å². The summed E-state index contributed by atoms with van der Waals surface area (Å²) in [5.41, 5.74) is -0.0159. The van der Waals surface area contributed by atoms with Crippen LogP contribution in [0, 0.1) is 18.6 Å². The quantitative estimate of drug-likeness (QED) is 0.884. The van der Waals surface area contributed by atoms with Gasteiger partial charge in [0.15, 0.2) is 6.29 Å². The Bertz CT molecular complexity index is 403. The number of ether oxygens (including phenoxy) is 2. The zero-order valence-electron chi connectivity index (χ0n) is 9.45. The number of aryl methyl sites for hydroxylation is 1. The van der Waals surface area contributed by atoms with Gasteiger partial charge in [0, 0.05) is 6.42 Å². The lowest BCUT2D eigenvalue weighted by Gasteiger charge is -2.17. The Morgan fingerprint density at radius 1 is 1.35 bits per heavy atom. The maximum atomic E-state index is 13.7. The maximum Gasteiger partial charge on any atom is 0.160 e. The molecular weight excluding hydrogens is 230 g/mol. The van der Waals surface area contributed by atoms with Crippen LogP contribution in [-0.4, -0.2) is 24.6 Å². The Morgan fingerprint density at radius 2 is 2.00 bits per heavy atom. The second-order valence-electron chi connectivity index (χ2n) is 4.01. The Balaban J connectivity index is 2.17. The van der Waals surface area contributed by atoms with Gasteiger partial charge < -0.3 is 14.6 Å². The summed E-state index contributed by atoms with van der Waals surface area (Å²) in [7, 11) is 0. The van der Waals surface area contributed by atoms with Crippen molar-refractivity contribution in [3.8, 4) is 0 Å². The Kier molecular flexibility index (Phi) is 3.71. The van der Waals surface area contributed by atoms with E-state index in [9.17, 15) is 13.9 Å². The van der Waals surface area contributed by atoms with E-state index in [0.29, 0.717) is 18.8 Å². The molecule has 0 aliphatic carbocycles. The molecule has 94 valence electrons. The highest BCUT2D eigenvalue weighted by molar-refractivity contribution is 5.28. The minimum atomic E-state index is -1.27. The Labute approximate surface area is 98.0 Å². The lowest BCUT2D eigenvalue weighted by molar-refractivity contribution is -0.0716. The molecule has 0 aromatic heterocycles. The van der Waals surface area contributed by atoms with Gasteiger partial charge in [-0.3, -0.25) is 0 Å². The molecule has 1 fully saturated rings. The van der Waals surface area contributed by atoms with Crippen molar-refractivity contribution in [1.82, 2.24) is 0 Å². The van der Waals surface area contributed by atoms with Crippen LogP contribution in [0.15, 0.2) is 12.1 Å². The smallest absolute Gasteiger partial charge is 0.160 e. The van der Waals surface area contributed by atoms with Crippen LogP contribution in [-0.2, 0) is 9.47 Å². The van der Waals surface area contributed by atoms with Crippen molar-refractivity contribution in [2.75, 3.05) is 13.2 Å². The van der Waals surface area contributed by atoms with Crippen molar-refractivity contribution in [3.63, 3.8) is 0 Å². The monoisotopic (exact) mass is 244 g/mol. The van der Waals surface area contributed by atoms with Gasteiger partial charge in [-0.1, -0.05) is 6.07 Å². The minimum Gasteiger partial charge on any atom is -0.388 e. The molecule has 2 rings (SSSR count). The molecule has 1 unspecified atom stereocenters. The van der Waals surface area contributed by atoms with Crippen LogP contribution in [0.1, 0.15) is 23.7 Å². The highest BCUT2D eigenvalue weighted by Crippen LogP contribution is 2.28. The van der Waals surface area contributed by atoms with Gasteiger partial charge in [0.05, 0.1) is 24.9 Å². The fourth-order valence-corrected chi connectivity index (χ4v) is 1.83. The molecular formula is C12H14F2O3. The molecule has 1 heterocycles. The third kappa shape index (κ3) is 2.62. The summed E-state index contributed by atoms with van der Waals surface area (Å²) in [5.74, 6) is -1.46. The van der Waals surface area contributed by atoms with E-state index in [0.717, 1.165) is 6.07 Å². The third-order valence-electron chi connectivity index (χ3n) is 2.76. The average Bonchev–Trinajstić information content (AvgIpc) is 2.77. The molecule has 17 heavy (non-hydrogen) atoms. The Morgan fingerprint density at radius 3 is 2.65 bits per heavy atom. The van der Waals surface area contributed by atoms with Gasteiger partial charge in [0.1, 0.15) is 11.6 Å². The summed E-state index contributed by atoms with van der Waals surface area (Å²) in [6.07, 6.45) is -1.83. The van der Waals surface area contributed by atoms with Gasteiger partial charge >= 0.3 is 0 Å². The maximum absolute atomic E-state index is 13.7. The van der Waals surface area contributed by atoms with Crippen LogP contribution < -0.4 is 0 Å². The molecule has 3 nitrogen and oxygen atoms in total. The van der Waals surface area contributed by atoms with E-state index in [1.807, 2.05) is 0 Å². The zero-order valence-corrected chi connectivity index (χ0v) is 9.45. The number of aliphatic hydroxyl groups is 1. The molecule has 1 aromatic carbocycles. The van der Waals surface area contributed by atoms with Gasteiger partial charge in [-0.25, -0.2) is 8.78 Å². The predicted molar refractivity (Wildman–Crippen MR) is 56.4 cm³/mol. The molecule has 0 radical (unpaired) electrons. The van der Waals surface area contributed by atoms with Gasteiger partial charge in [-0.15, -0.1) is 0 Å². The van der Waals surface area contributed by atoms with Crippen molar-refractivity contribution in [1.29, 1.82) is 0 Å². The zero-order chi connectivity index (χ0) is 12.4. The molecule has 1 atom stereocenters. The van der Waals surface area contributed by atoms with E-state index in [2.05, 4.69) is 0 Å². The number of rotatable bonds is 3. The van der Waals surface area contributed by atoms with Crippen LogP contribution in [0.4, 0.5) is 8.78 Å². The highest BCUT2D eigenvalue weighted by Gasteiger charge is 2.25. The summed E-state index contributed by atoms with van der Waals surface area (Å²) in [6, 6.07) is 2.48. The van der Waals surface area contributed by atoms with Gasteiger partial charge in [-0.05, 0) is 18.6 Å². The molecule has 1 aromatic rings. The summed E-state index contributed by atoms with van der Waals surface area (Å²) in [5, 5.41) is 9.83. The van der Waals surface area contributed by atoms with Crippen molar-refractivity contribution in [3.05, 3.63) is 34.9 Å². The summed E-state index contributed by atoms with van der Waals surface area (Å²) >= 11 is 0. The Hall–Kier alpha value is -1.04. The van der Waals surface area contributed by atoms with Gasteiger partial charge in [0.2, 0.25) is 0 Å². The minimum absolute atomic E-state index is 0.0251. The predicted octanol–water partition coefficient (Wildman–Crippen LogP) is 2.07. The van der Waals surface area contributed by atoms with E-state index in [4.69, 9.17) is 9.47 Å². The summed E-state index contributed by atoms with van der Waals surface area (Å²) in [6.45, 7) is 2.40. The number of hydrogen-bond donors (Lipinski definition) is 1. The van der Waals surface area contributed by atoms with E-state index in [-0.39, 0.29) is 12.0 Å². The standard InChI is InChI=1S/C12H14F2O3/c1-7-2-3-8(13)11(12(7)14)9(15)6-10-16-4-5-17-10/h2-3,9-10,15H,4-6H2,1H3. The lowest BCUT2D eigenvalue weighted by Crippen LogP contribution is -2.15. The van der Waals surface area contributed by atoms with Crippen molar-refractivity contribution in [2.45, 2.75) is 25.7 Å². The van der Waals surface area contributed by atoms with E-state index < -0.39 is 24.0 Å². The number of hydrogen-bond acceptors (Lipinski definition) is 3. The second kappa shape index (κ2) is 5.08. The van der Waals surface area contributed by atoms with Crippen molar-refractivity contribution < 1.29 is 23.4 Å². The molecule has 1 saturated heterocycles. The van der Waals surface area contributed by atoms with E-state index in [1.54, 1.807) is 0 Å². The molecule has 1 aliphatic rings. The number of benzene rings is 1. The normalized spacial score (nSPS) is 18.6. The van der Waals surface area contributed by atoms with Crippen LogP contribution in [0.5, 0.6) is 0 Å². The number of aliphatic hydroxyl groups excluding tert-OH is 1. The van der Waals surface area contributed by atoms with E-state index >= 15 is 0 Å². The topological polar surface area (TPSA) is 38.7 Å². The summed E-state index contributed by atoms with van der Waals surface area (Å²) in [4.78, 5) is 0. The van der Waals surface area contributed by atoms with Crippen LogP contribution in [0.2, 0.25) is 0 Å². The van der Waals surface area contributed by atoms with Gasteiger partial charge in [0.25, 0.3) is 0 Å². The fraction of sp³-hybridized carbons (Fsp3) is 0.500. The lowest BCUT2D eigenvalue weighted by atomic mass is 10.0. The highest BCUT2D eigenvalue weighted by atomic mass is 19.1. The first-order chi connectivity index (χ1) is 8.09. The molecule has 0 spiro atoms. The molecule has 0 amide bonds. The molecule has 1 aliphatic heterocycles. The van der Waals surface area contributed by atoms with Gasteiger partial charge in [-0.2, -0.15) is 0 Å². The largest absolute Gasteiger partial charge is 0.388 e. The molecule has 0 bridgehead atoms. The first kappa shape index (κ1) is 12.4. The van der Waals surface area contributed by atoms with Crippen molar-refractivity contribution in [2.24, 2.45) is 0 Å². The van der Waals surface area contributed by atoms with E-state index in [1.165, 1.54) is 13.0 Å². The SMILES string of the molecule is Cc1ccc(F)c(C(O)CC2OCCO2)c1F. The first-order valence-corrected chi connectivity index (χ1v) is 5.45. The second-order valence-corrected chi connectivity index (χ2v) is 4.01. The van der Waals surface area contributed by atoms with Crippen LogP contribution >= 0.6 is 0 Å². The summed E-state index contributed by atoms with van der Waals surface area (Å²) < 4.78 is 37.4. The molecule has 0 saturated carbocycles. The number of halogens is 2. The average molecular weight is 244 g/mol. The third-order valence-corrected chi connectivity index (χ3v) is 2.76. The fourth-order valence-electron chi connectivity index (χ4n) is 1.83. The van der Waals surface area contributed by atoms with Crippen LogP contribution in [0.25, 0.3) is 0 Å². The molecule has 5 heteroatoms.